The van der Waals surface area contributed by atoms with Gasteiger partial charge in [0.1, 0.15) is 0 Å². The first-order valence-electron chi connectivity index (χ1n) is 5.63. The number of carbonyl (C=O) groups is 1. The molecule has 0 aliphatic rings. The van der Waals surface area contributed by atoms with E-state index in [9.17, 15) is 4.79 Å². The molecule has 0 fully saturated rings. The predicted octanol–water partition coefficient (Wildman–Crippen LogP) is 4.41. The van der Waals surface area contributed by atoms with Crippen molar-refractivity contribution >= 4 is 40.4 Å². The second-order valence-corrected chi connectivity index (χ2v) is 5.82. The fourth-order valence-electron chi connectivity index (χ4n) is 1.67. The van der Waals surface area contributed by atoms with Crippen molar-refractivity contribution < 1.29 is 9.90 Å². The lowest BCUT2D eigenvalue weighted by molar-refractivity contribution is 0.209. The van der Waals surface area contributed by atoms with Crippen LogP contribution in [0.2, 0.25) is 4.34 Å². The topological polar surface area (TPSA) is 61.4 Å². The van der Waals surface area contributed by atoms with Gasteiger partial charge in [0.15, 0.2) is 0 Å². The molecule has 0 saturated heterocycles. The Labute approximate surface area is 120 Å². The first kappa shape index (κ1) is 13.7. The molecule has 1 aromatic heterocycles. The second kappa shape index (κ2) is 5.95. The van der Waals surface area contributed by atoms with Crippen LogP contribution in [0.5, 0.6) is 0 Å². The lowest BCUT2D eigenvalue weighted by atomic mass is 10.2. The molecule has 0 saturated carbocycles. The fourth-order valence-corrected chi connectivity index (χ4v) is 2.69. The summed E-state index contributed by atoms with van der Waals surface area (Å²) in [5.41, 5.74) is 2.41. The number of thiophene rings is 1. The fraction of sp³-hybridized carbons (Fsp3) is 0.154. The highest BCUT2D eigenvalue weighted by Gasteiger charge is 2.03. The molecular formula is C13H13ClN2O2S. The molecule has 0 bridgehead atoms. The molecule has 0 unspecified atom stereocenters. The Hall–Kier alpha value is -1.72. The number of anilines is 2. The number of hydrogen-bond donors (Lipinski definition) is 3. The molecule has 0 radical (unpaired) electrons. The normalized spacial score (nSPS) is 10.2. The van der Waals surface area contributed by atoms with Crippen LogP contribution in [-0.4, -0.2) is 11.2 Å². The number of benzene rings is 1. The zero-order valence-electron chi connectivity index (χ0n) is 10.2. The van der Waals surface area contributed by atoms with Crippen molar-refractivity contribution in [1.82, 2.24) is 0 Å². The van der Waals surface area contributed by atoms with E-state index in [4.69, 9.17) is 16.7 Å². The van der Waals surface area contributed by atoms with E-state index < -0.39 is 6.09 Å². The van der Waals surface area contributed by atoms with Gasteiger partial charge in [-0.3, -0.25) is 5.32 Å². The van der Waals surface area contributed by atoms with Gasteiger partial charge in [-0.25, -0.2) is 4.79 Å². The van der Waals surface area contributed by atoms with E-state index in [2.05, 4.69) is 10.6 Å². The van der Waals surface area contributed by atoms with Gasteiger partial charge in [0, 0.05) is 22.8 Å². The molecule has 0 atom stereocenters. The maximum atomic E-state index is 10.6. The number of rotatable bonds is 4. The lowest BCUT2D eigenvalue weighted by Crippen LogP contribution is -2.08. The highest BCUT2D eigenvalue weighted by molar-refractivity contribution is 7.16. The molecule has 19 heavy (non-hydrogen) atoms. The maximum Gasteiger partial charge on any atom is 0.409 e. The number of amides is 1. The number of halogens is 1. The Bertz CT molecular complexity index is 598. The largest absolute Gasteiger partial charge is 0.465 e. The van der Waals surface area contributed by atoms with Gasteiger partial charge < -0.3 is 10.4 Å². The van der Waals surface area contributed by atoms with Gasteiger partial charge >= 0.3 is 6.09 Å². The summed E-state index contributed by atoms with van der Waals surface area (Å²) in [4.78, 5) is 11.7. The summed E-state index contributed by atoms with van der Waals surface area (Å²) in [6.45, 7) is 2.56. The summed E-state index contributed by atoms with van der Waals surface area (Å²) >= 11 is 7.40. The van der Waals surface area contributed by atoms with Crippen LogP contribution in [0.15, 0.2) is 30.3 Å². The zero-order valence-corrected chi connectivity index (χ0v) is 11.8. The van der Waals surface area contributed by atoms with Crippen molar-refractivity contribution in [3.8, 4) is 0 Å². The van der Waals surface area contributed by atoms with Crippen molar-refractivity contribution in [3.05, 3.63) is 45.1 Å². The molecule has 1 aromatic carbocycles. The van der Waals surface area contributed by atoms with E-state index in [1.54, 1.807) is 6.07 Å². The van der Waals surface area contributed by atoms with E-state index in [-0.39, 0.29) is 0 Å². The Kier molecular flexibility index (Phi) is 4.29. The third kappa shape index (κ3) is 3.87. The van der Waals surface area contributed by atoms with Crippen LogP contribution >= 0.6 is 22.9 Å². The molecule has 3 N–H and O–H groups in total. The van der Waals surface area contributed by atoms with Crippen LogP contribution in [0.25, 0.3) is 0 Å². The van der Waals surface area contributed by atoms with E-state index in [1.165, 1.54) is 11.3 Å². The van der Waals surface area contributed by atoms with Gasteiger partial charge in [-0.15, -0.1) is 11.3 Å². The van der Waals surface area contributed by atoms with Gasteiger partial charge in [-0.2, -0.15) is 0 Å². The molecule has 100 valence electrons. The van der Waals surface area contributed by atoms with Gasteiger partial charge in [-0.1, -0.05) is 11.6 Å². The van der Waals surface area contributed by atoms with Crippen LogP contribution in [-0.2, 0) is 6.54 Å². The molecule has 1 heterocycles. The summed E-state index contributed by atoms with van der Waals surface area (Å²) in [6.07, 6.45) is -1.06. The highest BCUT2D eigenvalue weighted by atomic mass is 35.5. The van der Waals surface area contributed by atoms with Crippen molar-refractivity contribution in [2.45, 2.75) is 13.5 Å². The molecule has 0 aliphatic heterocycles. The van der Waals surface area contributed by atoms with Crippen molar-refractivity contribution in [2.24, 2.45) is 0 Å². The minimum Gasteiger partial charge on any atom is -0.465 e. The summed E-state index contributed by atoms with van der Waals surface area (Å²) in [6, 6.07) is 9.34. The van der Waals surface area contributed by atoms with Crippen molar-refractivity contribution in [3.63, 3.8) is 0 Å². The summed E-state index contributed by atoms with van der Waals surface area (Å²) in [7, 11) is 0. The molecule has 1 amide bonds. The average molecular weight is 297 g/mol. The molecule has 6 heteroatoms. The van der Waals surface area contributed by atoms with Gasteiger partial charge in [0.05, 0.1) is 4.34 Å². The smallest absolute Gasteiger partial charge is 0.409 e. The SMILES string of the molecule is Cc1cc(NCc2ccc(Cl)s2)ccc1NC(=O)O. The Morgan fingerprint density at radius 2 is 2.16 bits per heavy atom. The van der Waals surface area contributed by atoms with Crippen molar-refractivity contribution in [2.75, 3.05) is 10.6 Å². The minimum absolute atomic E-state index is 0.595. The van der Waals surface area contributed by atoms with E-state index in [0.29, 0.717) is 12.2 Å². The molecule has 0 spiro atoms. The number of carboxylic acid groups (broad SMARTS) is 1. The minimum atomic E-state index is -1.06. The molecule has 2 aromatic rings. The van der Waals surface area contributed by atoms with Crippen LogP contribution in [0.3, 0.4) is 0 Å². The van der Waals surface area contributed by atoms with Crippen molar-refractivity contribution in [1.29, 1.82) is 0 Å². The third-order valence-electron chi connectivity index (χ3n) is 2.56. The first-order valence-corrected chi connectivity index (χ1v) is 6.83. The van der Waals surface area contributed by atoms with Crippen LogP contribution in [0.4, 0.5) is 16.2 Å². The van der Waals surface area contributed by atoms with E-state index >= 15 is 0 Å². The monoisotopic (exact) mass is 296 g/mol. The Morgan fingerprint density at radius 1 is 1.37 bits per heavy atom. The lowest BCUT2D eigenvalue weighted by Gasteiger charge is -2.09. The predicted molar refractivity (Wildman–Crippen MR) is 79.5 cm³/mol. The van der Waals surface area contributed by atoms with Gasteiger partial charge in [-0.05, 0) is 42.8 Å². The molecule has 0 aliphatic carbocycles. The van der Waals surface area contributed by atoms with Crippen LogP contribution in [0.1, 0.15) is 10.4 Å². The van der Waals surface area contributed by atoms with E-state index in [1.807, 2.05) is 31.2 Å². The summed E-state index contributed by atoms with van der Waals surface area (Å²) in [5, 5.41) is 14.3. The van der Waals surface area contributed by atoms with Crippen LogP contribution < -0.4 is 10.6 Å². The van der Waals surface area contributed by atoms with Gasteiger partial charge in [0.2, 0.25) is 0 Å². The number of hydrogen-bond acceptors (Lipinski definition) is 3. The summed E-state index contributed by atoms with van der Waals surface area (Å²) < 4.78 is 0.772. The molecular weight excluding hydrogens is 284 g/mol. The first-order chi connectivity index (χ1) is 9.04. The van der Waals surface area contributed by atoms with Gasteiger partial charge in [0.25, 0.3) is 0 Å². The third-order valence-corrected chi connectivity index (χ3v) is 3.79. The number of aryl methyl sites for hydroxylation is 1. The Morgan fingerprint density at radius 3 is 2.74 bits per heavy atom. The zero-order chi connectivity index (χ0) is 13.8. The molecule has 4 nitrogen and oxygen atoms in total. The standard InChI is InChI=1S/C13H13ClN2O2S/c1-8-6-9(2-4-11(8)16-13(17)18)15-7-10-3-5-12(14)19-10/h2-6,15-16H,7H2,1H3,(H,17,18). The molecule has 2 rings (SSSR count). The van der Waals surface area contributed by atoms with Crippen LogP contribution in [0, 0.1) is 6.92 Å². The highest BCUT2D eigenvalue weighted by Crippen LogP contribution is 2.24. The second-order valence-electron chi connectivity index (χ2n) is 4.02. The quantitative estimate of drug-likeness (QED) is 0.783. The Balaban J connectivity index is 2.01. The average Bonchev–Trinajstić information content (AvgIpc) is 2.75. The maximum absolute atomic E-state index is 10.6. The van der Waals surface area contributed by atoms with E-state index in [0.717, 1.165) is 20.5 Å². The summed E-state index contributed by atoms with van der Waals surface area (Å²) in [5.74, 6) is 0. The number of nitrogens with one attached hydrogen (secondary N) is 2.